The number of piperidine rings is 1. The van der Waals surface area contributed by atoms with Crippen molar-refractivity contribution in [2.24, 2.45) is 5.92 Å². The molecule has 2 aliphatic rings. The van der Waals surface area contributed by atoms with Crippen molar-refractivity contribution in [3.05, 3.63) is 41.5 Å². The van der Waals surface area contributed by atoms with Crippen LogP contribution >= 0.6 is 0 Å². The van der Waals surface area contributed by atoms with E-state index >= 15 is 0 Å². The van der Waals surface area contributed by atoms with E-state index < -0.39 is 6.09 Å². The predicted octanol–water partition coefficient (Wildman–Crippen LogP) is 2.92. The van der Waals surface area contributed by atoms with Gasteiger partial charge in [-0.05, 0) is 31.7 Å². The number of amides is 1. The molecule has 1 saturated heterocycles. The zero-order chi connectivity index (χ0) is 17.8. The monoisotopic (exact) mass is 344 g/mol. The Morgan fingerprint density at radius 1 is 1.28 bits per heavy atom. The Balaban J connectivity index is 1.62. The lowest BCUT2D eigenvalue weighted by atomic mass is 10.0. The van der Waals surface area contributed by atoms with Crippen LogP contribution in [0, 0.1) is 5.92 Å². The van der Waals surface area contributed by atoms with Crippen LogP contribution in [0.1, 0.15) is 31.7 Å². The minimum Gasteiger partial charge on any atom is -0.465 e. The summed E-state index contributed by atoms with van der Waals surface area (Å²) in [6, 6.07) is 10.4. The van der Waals surface area contributed by atoms with Crippen LogP contribution in [0.5, 0.6) is 0 Å². The van der Waals surface area contributed by atoms with Crippen molar-refractivity contribution < 1.29 is 15.0 Å². The molecule has 1 aliphatic carbocycles. The summed E-state index contributed by atoms with van der Waals surface area (Å²) < 4.78 is 0. The molecule has 2 fully saturated rings. The molecule has 1 aliphatic heterocycles. The maximum atomic E-state index is 11.9. The van der Waals surface area contributed by atoms with Gasteiger partial charge >= 0.3 is 6.09 Å². The number of β-amino-alcohol motifs (C(OH)–C–C–N with tert-alkyl or cyclic N) is 1. The van der Waals surface area contributed by atoms with Gasteiger partial charge in [-0.3, -0.25) is 0 Å². The highest BCUT2D eigenvalue weighted by atomic mass is 16.4. The van der Waals surface area contributed by atoms with Crippen molar-refractivity contribution in [3.8, 4) is 0 Å². The van der Waals surface area contributed by atoms with Crippen molar-refractivity contribution in [1.29, 1.82) is 0 Å². The molecule has 1 amide bonds. The smallest absolute Gasteiger partial charge is 0.407 e. The fourth-order valence-electron chi connectivity index (χ4n) is 4.03. The van der Waals surface area contributed by atoms with Gasteiger partial charge in [0.2, 0.25) is 0 Å². The van der Waals surface area contributed by atoms with Crippen LogP contribution in [0.3, 0.4) is 0 Å². The molecule has 5 nitrogen and oxygen atoms in total. The third-order valence-electron chi connectivity index (χ3n) is 5.48. The van der Waals surface area contributed by atoms with Crippen molar-refractivity contribution in [2.75, 3.05) is 26.2 Å². The summed E-state index contributed by atoms with van der Waals surface area (Å²) in [4.78, 5) is 15.8. The second-order valence-electron chi connectivity index (χ2n) is 7.19. The van der Waals surface area contributed by atoms with Gasteiger partial charge in [0.15, 0.2) is 0 Å². The number of aliphatic hydroxyl groups is 1. The van der Waals surface area contributed by atoms with Gasteiger partial charge in [-0.2, -0.15) is 0 Å². The Morgan fingerprint density at radius 2 is 1.96 bits per heavy atom. The maximum Gasteiger partial charge on any atom is 0.407 e. The van der Waals surface area contributed by atoms with Gasteiger partial charge in [-0.1, -0.05) is 42.0 Å². The van der Waals surface area contributed by atoms with Gasteiger partial charge in [0.05, 0.1) is 6.61 Å². The predicted molar refractivity (Wildman–Crippen MR) is 98.4 cm³/mol. The molecule has 0 bridgehead atoms. The molecule has 5 heteroatoms. The zero-order valence-electron chi connectivity index (χ0n) is 14.8. The van der Waals surface area contributed by atoms with Gasteiger partial charge in [0, 0.05) is 37.6 Å². The minimum atomic E-state index is -0.791. The third kappa shape index (κ3) is 4.41. The van der Waals surface area contributed by atoms with Crippen molar-refractivity contribution in [3.63, 3.8) is 0 Å². The molecule has 0 radical (unpaired) electrons. The number of hydrogen-bond acceptors (Lipinski definition) is 3. The molecule has 1 heterocycles. The van der Waals surface area contributed by atoms with Crippen LogP contribution in [0.4, 0.5) is 4.79 Å². The first-order chi connectivity index (χ1) is 12.1. The fourth-order valence-corrected chi connectivity index (χ4v) is 4.03. The lowest BCUT2D eigenvalue weighted by molar-refractivity contribution is 0.0787. The van der Waals surface area contributed by atoms with Gasteiger partial charge in [-0.25, -0.2) is 4.79 Å². The molecule has 0 aromatic heterocycles. The van der Waals surface area contributed by atoms with E-state index in [9.17, 15) is 9.90 Å². The molecule has 1 aromatic rings. The van der Waals surface area contributed by atoms with Crippen LogP contribution in [0.25, 0.3) is 6.08 Å². The number of likely N-dealkylation sites (tertiary alicyclic amines) is 1. The quantitative estimate of drug-likeness (QED) is 0.833. The number of nitrogens with zero attached hydrogens (tertiary/aromatic N) is 2. The van der Waals surface area contributed by atoms with Crippen molar-refractivity contribution in [2.45, 2.75) is 38.3 Å². The van der Waals surface area contributed by atoms with Crippen LogP contribution in [-0.4, -0.2) is 64.4 Å². The molecule has 25 heavy (non-hydrogen) atoms. The molecule has 0 spiro atoms. The van der Waals surface area contributed by atoms with Crippen LogP contribution < -0.4 is 0 Å². The Bertz CT molecular complexity index is 609. The Hall–Kier alpha value is -1.85. The molecule has 3 rings (SSSR count). The molecule has 1 saturated carbocycles. The lowest BCUT2D eigenvalue weighted by Crippen LogP contribution is -2.48. The molecular weight excluding hydrogens is 316 g/mol. The minimum absolute atomic E-state index is 0.104. The average Bonchev–Trinajstić information content (AvgIpc) is 3.38. The summed E-state index contributed by atoms with van der Waals surface area (Å²) in [5.41, 5.74) is 2.44. The van der Waals surface area contributed by atoms with E-state index in [1.165, 1.54) is 11.1 Å². The van der Waals surface area contributed by atoms with Crippen LogP contribution in [0.15, 0.2) is 35.9 Å². The Kier molecular flexibility index (Phi) is 5.76. The normalized spacial score (nSPS) is 25.0. The van der Waals surface area contributed by atoms with E-state index in [2.05, 4.69) is 30.0 Å². The van der Waals surface area contributed by atoms with E-state index in [0.717, 1.165) is 32.4 Å². The summed E-state index contributed by atoms with van der Waals surface area (Å²) in [6.45, 7) is 4.70. The largest absolute Gasteiger partial charge is 0.465 e. The Morgan fingerprint density at radius 3 is 2.56 bits per heavy atom. The highest BCUT2D eigenvalue weighted by Crippen LogP contribution is 2.44. The highest BCUT2D eigenvalue weighted by molar-refractivity contribution is 5.67. The molecule has 2 atom stereocenters. The number of carbonyl (C=O) groups is 1. The van der Waals surface area contributed by atoms with E-state index in [1.54, 1.807) is 4.90 Å². The first-order valence-corrected chi connectivity index (χ1v) is 9.18. The highest BCUT2D eigenvalue weighted by Gasteiger charge is 2.47. The van der Waals surface area contributed by atoms with Crippen LogP contribution in [-0.2, 0) is 0 Å². The number of aliphatic hydroxyl groups excluding tert-OH is 1. The first-order valence-electron chi connectivity index (χ1n) is 9.18. The van der Waals surface area contributed by atoms with Crippen molar-refractivity contribution >= 4 is 12.2 Å². The summed E-state index contributed by atoms with van der Waals surface area (Å²) >= 11 is 0. The lowest BCUT2D eigenvalue weighted by Gasteiger charge is -2.37. The van der Waals surface area contributed by atoms with Gasteiger partial charge in [0.1, 0.15) is 0 Å². The molecule has 1 aromatic carbocycles. The fraction of sp³-hybridized carbons (Fsp3) is 0.550. The second-order valence-corrected chi connectivity index (χ2v) is 7.19. The maximum absolute atomic E-state index is 11.9. The molecular formula is C20H28N2O3. The summed E-state index contributed by atoms with van der Waals surface area (Å²) in [6.07, 6.45) is 4.03. The summed E-state index contributed by atoms with van der Waals surface area (Å²) in [5.74, 6) is 0.340. The van der Waals surface area contributed by atoms with Gasteiger partial charge < -0.3 is 20.0 Å². The number of hydrogen-bond donors (Lipinski definition) is 2. The van der Waals surface area contributed by atoms with E-state index in [1.807, 2.05) is 18.2 Å². The first kappa shape index (κ1) is 18.0. The van der Waals surface area contributed by atoms with Crippen LogP contribution in [0.2, 0.25) is 0 Å². The molecule has 2 N–H and O–H groups in total. The molecule has 136 valence electrons. The number of benzene rings is 1. The zero-order valence-corrected chi connectivity index (χ0v) is 14.8. The summed E-state index contributed by atoms with van der Waals surface area (Å²) in [5, 5.41) is 18.8. The van der Waals surface area contributed by atoms with E-state index in [0.29, 0.717) is 12.5 Å². The standard InChI is InChI=1S/C20H28N2O3/c1-15(13-16-5-3-2-4-6-16)18-14-19(18)22(20(24)25)17-7-9-21(10-8-17)11-12-23/h2-6,13,17-19,23H,7-12,14H2,1H3,(H,24,25)/b15-13+/t18-,19+/m0/s1. The van der Waals surface area contributed by atoms with Gasteiger partial charge in [-0.15, -0.1) is 0 Å². The van der Waals surface area contributed by atoms with Gasteiger partial charge in [0.25, 0.3) is 0 Å². The topological polar surface area (TPSA) is 64.0 Å². The number of carboxylic acid groups (broad SMARTS) is 1. The average molecular weight is 344 g/mol. The Labute approximate surface area is 149 Å². The van der Waals surface area contributed by atoms with E-state index in [-0.39, 0.29) is 18.7 Å². The van der Waals surface area contributed by atoms with Crippen molar-refractivity contribution in [1.82, 2.24) is 9.80 Å². The molecule has 0 unspecified atom stereocenters. The van der Waals surface area contributed by atoms with E-state index in [4.69, 9.17) is 5.11 Å². The second kappa shape index (κ2) is 8.02. The number of rotatable bonds is 6. The SMILES string of the molecule is C/C(=C\c1ccccc1)[C@@H]1C[C@H]1N(C(=O)O)C1CCN(CCO)CC1. The third-order valence-corrected chi connectivity index (χ3v) is 5.48. The summed E-state index contributed by atoms with van der Waals surface area (Å²) in [7, 11) is 0.